The Hall–Kier alpha value is -2.22. The van der Waals surface area contributed by atoms with Crippen molar-refractivity contribution < 1.29 is 4.74 Å². The van der Waals surface area contributed by atoms with Crippen molar-refractivity contribution in [2.45, 2.75) is 63.8 Å². The first-order valence-corrected chi connectivity index (χ1v) is 11.5. The number of nitrogens with one attached hydrogen (secondary N) is 1. The molecule has 0 aromatic heterocycles. The fraction of sp³-hybridized carbons (Fsp3) is 0.481. The number of allylic oxidation sites excluding steroid dienone is 2. The van der Waals surface area contributed by atoms with Gasteiger partial charge in [-0.25, -0.2) is 0 Å². The van der Waals surface area contributed by atoms with Crippen LogP contribution in [0.15, 0.2) is 54.6 Å². The molecule has 2 aromatic carbocycles. The standard InChI is InChI=1S/C27H33NO/c1-19-10-12-21(13-11-19)27-24-9-5-8-23(24)25-18-22(14-15-26(25)28-27)29-17-16-20-6-3-2-4-7-20/h5,8,10-15,18,20,23-24,27-28H,2-4,6-7,9,16-17H2,1H3. The molecule has 0 amide bonds. The summed E-state index contributed by atoms with van der Waals surface area (Å²) in [7, 11) is 0. The molecule has 1 heterocycles. The Balaban J connectivity index is 1.31. The maximum atomic E-state index is 6.20. The second kappa shape index (κ2) is 8.26. The lowest BCUT2D eigenvalue weighted by atomic mass is 9.77. The van der Waals surface area contributed by atoms with Gasteiger partial charge in [0.25, 0.3) is 0 Å². The van der Waals surface area contributed by atoms with Gasteiger partial charge in [0.2, 0.25) is 0 Å². The predicted octanol–water partition coefficient (Wildman–Crippen LogP) is 7.17. The van der Waals surface area contributed by atoms with Crippen molar-refractivity contribution in [1.29, 1.82) is 0 Å². The number of fused-ring (bicyclic) bond motifs is 3. The lowest BCUT2D eigenvalue weighted by Crippen LogP contribution is -2.29. The molecule has 2 aliphatic carbocycles. The largest absolute Gasteiger partial charge is 0.494 e. The van der Waals surface area contributed by atoms with E-state index in [1.54, 1.807) is 0 Å². The summed E-state index contributed by atoms with van der Waals surface area (Å²) < 4.78 is 6.20. The Morgan fingerprint density at radius 1 is 1.00 bits per heavy atom. The molecule has 2 nitrogen and oxygen atoms in total. The summed E-state index contributed by atoms with van der Waals surface area (Å²) >= 11 is 0. The zero-order valence-electron chi connectivity index (χ0n) is 17.6. The van der Waals surface area contributed by atoms with E-state index in [0.29, 0.717) is 17.9 Å². The van der Waals surface area contributed by atoms with E-state index in [1.165, 1.54) is 60.9 Å². The Kier molecular flexibility index (Phi) is 5.35. The van der Waals surface area contributed by atoms with Gasteiger partial charge in [-0.15, -0.1) is 0 Å². The van der Waals surface area contributed by atoms with Gasteiger partial charge < -0.3 is 10.1 Å². The van der Waals surface area contributed by atoms with Crippen molar-refractivity contribution in [3.8, 4) is 5.75 Å². The van der Waals surface area contributed by atoms with Crippen LogP contribution in [0, 0.1) is 18.8 Å². The fourth-order valence-corrected chi connectivity index (χ4v) is 5.59. The number of ether oxygens (including phenoxy) is 1. The molecule has 2 aromatic rings. The van der Waals surface area contributed by atoms with Gasteiger partial charge in [-0.05, 0) is 60.9 Å². The van der Waals surface area contributed by atoms with Gasteiger partial charge in [-0.1, -0.05) is 74.1 Å². The average molecular weight is 388 g/mol. The first-order chi connectivity index (χ1) is 14.3. The second-order valence-electron chi connectivity index (χ2n) is 9.28. The minimum atomic E-state index is 0.376. The minimum absolute atomic E-state index is 0.376. The molecule has 0 bridgehead atoms. The smallest absolute Gasteiger partial charge is 0.119 e. The Labute approximate surface area is 175 Å². The van der Waals surface area contributed by atoms with E-state index >= 15 is 0 Å². The van der Waals surface area contributed by atoms with Crippen LogP contribution in [0.2, 0.25) is 0 Å². The molecule has 1 saturated carbocycles. The maximum absolute atomic E-state index is 6.20. The quantitative estimate of drug-likeness (QED) is 0.549. The highest BCUT2D eigenvalue weighted by molar-refractivity contribution is 5.61. The van der Waals surface area contributed by atoms with Crippen LogP contribution in [0.1, 0.15) is 73.6 Å². The maximum Gasteiger partial charge on any atom is 0.119 e. The van der Waals surface area contributed by atoms with Crippen LogP contribution < -0.4 is 10.1 Å². The van der Waals surface area contributed by atoms with Gasteiger partial charge >= 0.3 is 0 Å². The molecule has 0 saturated heterocycles. The fourth-order valence-electron chi connectivity index (χ4n) is 5.59. The van der Waals surface area contributed by atoms with E-state index in [0.717, 1.165) is 24.7 Å². The summed E-state index contributed by atoms with van der Waals surface area (Å²) in [5.41, 5.74) is 5.39. The van der Waals surface area contributed by atoms with Gasteiger partial charge in [0.15, 0.2) is 0 Å². The van der Waals surface area contributed by atoms with Crippen LogP contribution in [0.3, 0.4) is 0 Å². The monoisotopic (exact) mass is 387 g/mol. The summed E-state index contributed by atoms with van der Waals surface area (Å²) in [5, 5.41) is 3.84. The molecule has 1 N–H and O–H groups in total. The third-order valence-corrected chi connectivity index (χ3v) is 7.29. The van der Waals surface area contributed by atoms with E-state index in [2.05, 4.69) is 66.9 Å². The van der Waals surface area contributed by atoms with Gasteiger partial charge in [-0.2, -0.15) is 0 Å². The van der Waals surface area contributed by atoms with E-state index in [-0.39, 0.29) is 0 Å². The zero-order chi connectivity index (χ0) is 19.6. The molecule has 2 heteroatoms. The number of hydrogen-bond donors (Lipinski definition) is 1. The first kappa shape index (κ1) is 18.8. The Morgan fingerprint density at radius 2 is 1.83 bits per heavy atom. The van der Waals surface area contributed by atoms with Crippen molar-refractivity contribution >= 4 is 5.69 Å². The van der Waals surface area contributed by atoms with E-state index in [4.69, 9.17) is 4.74 Å². The highest BCUT2D eigenvalue weighted by atomic mass is 16.5. The molecule has 3 unspecified atom stereocenters. The summed E-state index contributed by atoms with van der Waals surface area (Å²) in [6.45, 7) is 3.01. The SMILES string of the molecule is Cc1ccc(C2Nc3ccc(OCCC4CCCCC4)cc3C3C=CCC32)cc1. The van der Waals surface area contributed by atoms with Gasteiger partial charge in [0.1, 0.15) is 5.75 Å². The van der Waals surface area contributed by atoms with E-state index in [1.807, 2.05) is 0 Å². The van der Waals surface area contributed by atoms with Crippen molar-refractivity contribution in [1.82, 2.24) is 0 Å². The number of benzene rings is 2. The lowest BCUT2D eigenvalue weighted by Gasteiger charge is -2.37. The summed E-state index contributed by atoms with van der Waals surface area (Å²) in [6.07, 6.45) is 14.2. The number of hydrogen-bond acceptors (Lipinski definition) is 2. The highest BCUT2D eigenvalue weighted by Crippen LogP contribution is 2.50. The van der Waals surface area contributed by atoms with Crippen molar-refractivity contribution in [2.75, 3.05) is 11.9 Å². The minimum Gasteiger partial charge on any atom is -0.494 e. The van der Waals surface area contributed by atoms with Crippen LogP contribution in [0.25, 0.3) is 0 Å². The normalized spacial score (nSPS) is 25.9. The number of anilines is 1. The highest BCUT2D eigenvalue weighted by Gasteiger charge is 2.38. The first-order valence-electron chi connectivity index (χ1n) is 11.5. The molecule has 29 heavy (non-hydrogen) atoms. The van der Waals surface area contributed by atoms with Gasteiger partial charge in [0.05, 0.1) is 12.6 Å². The third kappa shape index (κ3) is 3.95. The number of rotatable bonds is 5. The summed E-state index contributed by atoms with van der Waals surface area (Å²) in [6, 6.07) is 16.1. The molecule has 5 rings (SSSR count). The van der Waals surface area contributed by atoms with E-state index in [9.17, 15) is 0 Å². The van der Waals surface area contributed by atoms with Gasteiger partial charge in [-0.3, -0.25) is 0 Å². The molecular weight excluding hydrogens is 354 g/mol. The van der Waals surface area contributed by atoms with Crippen molar-refractivity contribution in [3.05, 3.63) is 71.3 Å². The Bertz CT molecular complexity index is 863. The molecule has 3 atom stereocenters. The van der Waals surface area contributed by atoms with Crippen LogP contribution >= 0.6 is 0 Å². The average Bonchev–Trinajstić information content (AvgIpc) is 3.25. The lowest BCUT2D eigenvalue weighted by molar-refractivity contribution is 0.246. The molecule has 1 fully saturated rings. The van der Waals surface area contributed by atoms with Crippen LogP contribution in [0.4, 0.5) is 5.69 Å². The van der Waals surface area contributed by atoms with Gasteiger partial charge in [0, 0.05) is 11.6 Å². The molecule has 152 valence electrons. The molecule has 3 aliphatic rings. The number of aryl methyl sites for hydroxylation is 1. The zero-order valence-corrected chi connectivity index (χ0v) is 17.6. The predicted molar refractivity (Wildman–Crippen MR) is 121 cm³/mol. The van der Waals surface area contributed by atoms with Crippen molar-refractivity contribution in [2.24, 2.45) is 11.8 Å². The molecule has 0 radical (unpaired) electrons. The molecular formula is C27H33NO. The van der Waals surface area contributed by atoms with Crippen LogP contribution in [-0.4, -0.2) is 6.61 Å². The molecule has 0 spiro atoms. The Morgan fingerprint density at radius 3 is 2.66 bits per heavy atom. The van der Waals surface area contributed by atoms with Crippen LogP contribution in [-0.2, 0) is 0 Å². The third-order valence-electron chi connectivity index (χ3n) is 7.29. The summed E-state index contributed by atoms with van der Waals surface area (Å²) in [4.78, 5) is 0. The van der Waals surface area contributed by atoms with Crippen LogP contribution in [0.5, 0.6) is 5.75 Å². The molecule has 1 aliphatic heterocycles. The second-order valence-corrected chi connectivity index (χ2v) is 9.28. The topological polar surface area (TPSA) is 21.3 Å². The van der Waals surface area contributed by atoms with E-state index < -0.39 is 0 Å². The summed E-state index contributed by atoms with van der Waals surface area (Å²) in [5.74, 6) is 2.98. The van der Waals surface area contributed by atoms with Crippen molar-refractivity contribution in [3.63, 3.8) is 0 Å².